The van der Waals surface area contributed by atoms with Gasteiger partial charge >= 0.3 is 5.97 Å². The SMILES string of the molecule is CC(C)n1ccnc(N2CCC(CC(=O)O)C2)c1=O. The molecule has 6 heteroatoms. The van der Waals surface area contributed by atoms with Gasteiger partial charge in [-0.1, -0.05) is 0 Å². The van der Waals surface area contributed by atoms with Crippen molar-refractivity contribution in [3.63, 3.8) is 0 Å². The lowest BCUT2D eigenvalue weighted by Crippen LogP contribution is -2.32. The summed E-state index contributed by atoms with van der Waals surface area (Å²) >= 11 is 0. The molecule has 2 rings (SSSR count). The highest BCUT2D eigenvalue weighted by atomic mass is 16.4. The minimum atomic E-state index is -0.785. The third kappa shape index (κ3) is 2.94. The summed E-state index contributed by atoms with van der Waals surface area (Å²) in [5.41, 5.74) is -0.103. The third-order valence-electron chi connectivity index (χ3n) is 3.45. The largest absolute Gasteiger partial charge is 0.481 e. The zero-order chi connectivity index (χ0) is 14.0. The zero-order valence-electron chi connectivity index (χ0n) is 11.2. The predicted octanol–water partition coefficient (Wildman–Crippen LogP) is 1.13. The fourth-order valence-electron chi connectivity index (χ4n) is 2.48. The molecule has 0 bridgehead atoms. The van der Waals surface area contributed by atoms with Crippen molar-refractivity contribution in [3.8, 4) is 0 Å². The zero-order valence-corrected chi connectivity index (χ0v) is 11.2. The number of hydrogen-bond acceptors (Lipinski definition) is 4. The van der Waals surface area contributed by atoms with Gasteiger partial charge in [0.2, 0.25) is 0 Å². The molecule has 1 aromatic heterocycles. The van der Waals surface area contributed by atoms with Gasteiger partial charge in [0.1, 0.15) is 0 Å². The highest BCUT2D eigenvalue weighted by Gasteiger charge is 2.27. The lowest BCUT2D eigenvalue weighted by Gasteiger charge is -2.18. The molecule has 1 fully saturated rings. The van der Waals surface area contributed by atoms with Crippen LogP contribution in [0.15, 0.2) is 17.2 Å². The van der Waals surface area contributed by atoms with Gasteiger partial charge in [-0.25, -0.2) is 4.98 Å². The van der Waals surface area contributed by atoms with Crippen LogP contribution in [0.2, 0.25) is 0 Å². The third-order valence-corrected chi connectivity index (χ3v) is 3.45. The molecule has 1 N–H and O–H groups in total. The molecule has 1 atom stereocenters. The Hall–Kier alpha value is -1.85. The molecule has 1 aromatic rings. The lowest BCUT2D eigenvalue weighted by atomic mass is 10.1. The molecule has 1 aliphatic rings. The Balaban J connectivity index is 2.18. The number of carboxylic acid groups (broad SMARTS) is 1. The summed E-state index contributed by atoms with van der Waals surface area (Å²) in [4.78, 5) is 29.0. The smallest absolute Gasteiger partial charge is 0.303 e. The summed E-state index contributed by atoms with van der Waals surface area (Å²) in [6, 6.07) is 0.0895. The van der Waals surface area contributed by atoms with Crippen molar-refractivity contribution in [1.29, 1.82) is 0 Å². The number of carboxylic acids is 1. The van der Waals surface area contributed by atoms with Crippen LogP contribution in [-0.2, 0) is 4.79 Å². The van der Waals surface area contributed by atoms with E-state index < -0.39 is 5.97 Å². The lowest BCUT2D eigenvalue weighted by molar-refractivity contribution is -0.137. The number of carbonyl (C=O) groups is 1. The van der Waals surface area contributed by atoms with Crippen LogP contribution < -0.4 is 10.5 Å². The Labute approximate surface area is 111 Å². The van der Waals surface area contributed by atoms with E-state index in [9.17, 15) is 9.59 Å². The average molecular weight is 265 g/mol. The molecule has 0 radical (unpaired) electrons. The number of aromatic nitrogens is 2. The van der Waals surface area contributed by atoms with Gasteiger partial charge in [0.25, 0.3) is 5.56 Å². The minimum Gasteiger partial charge on any atom is -0.481 e. The first-order valence-corrected chi connectivity index (χ1v) is 6.53. The van der Waals surface area contributed by atoms with Crippen LogP contribution in [0.3, 0.4) is 0 Å². The Morgan fingerprint density at radius 3 is 2.95 bits per heavy atom. The van der Waals surface area contributed by atoms with Crippen LogP contribution in [-0.4, -0.2) is 33.7 Å². The molecule has 0 aliphatic carbocycles. The van der Waals surface area contributed by atoms with Crippen LogP contribution in [0, 0.1) is 5.92 Å². The highest BCUT2D eigenvalue weighted by Crippen LogP contribution is 2.22. The molecule has 1 saturated heterocycles. The highest BCUT2D eigenvalue weighted by molar-refractivity contribution is 5.67. The number of nitrogens with zero attached hydrogens (tertiary/aromatic N) is 3. The van der Waals surface area contributed by atoms with Crippen molar-refractivity contribution in [2.45, 2.75) is 32.7 Å². The first-order chi connectivity index (χ1) is 8.99. The Morgan fingerprint density at radius 2 is 2.32 bits per heavy atom. The summed E-state index contributed by atoms with van der Waals surface area (Å²) in [6.45, 7) is 5.18. The maximum absolute atomic E-state index is 12.3. The Bertz CT molecular complexity index is 524. The molecule has 1 aliphatic heterocycles. The topological polar surface area (TPSA) is 75.4 Å². The van der Waals surface area contributed by atoms with Gasteiger partial charge in [-0.2, -0.15) is 0 Å². The number of rotatable bonds is 4. The first-order valence-electron chi connectivity index (χ1n) is 6.53. The predicted molar refractivity (Wildman–Crippen MR) is 71.5 cm³/mol. The monoisotopic (exact) mass is 265 g/mol. The van der Waals surface area contributed by atoms with Crippen LogP contribution in [0.5, 0.6) is 0 Å². The van der Waals surface area contributed by atoms with Crippen LogP contribution in [0.25, 0.3) is 0 Å². The second-order valence-corrected chi connectivity index (χ2v) is 5.26. The fraction of sp³-hybridized carbons (Fsp3) is 0.615. The Kier molecular flexibility index (Phi) is 3.87. The van der Waals surface area contributed by atoms with Crippen LogP contribution in [0.1, 0.15) is 32.7 Å². The molecule has 0 aromatic carbocycles. The maximum Gasteiger partial charge on any atom is 0.303 e. The molecule has 2 heterocycles. The van der Waals surface area contributed by atoms with Gasteiger partial charge in [-0.05, 0) is 26.2 Å². The van der Waals surface area contributed by atoms with E-state index in [2.05, 4.69) is 4.98 Å². The van der Waals surface area contributed by atoms with Crippen molar-refractivity contribution in [2.24, 2.45) is 5.92 Å². The Morgan fingerprint density at radius 1 is 1.58 bits per heavy atom. The summed E-state index contributed by atoms with van der Waals surface area (Å²) in [7, 11) is 0. The van der Waals surface area contributed by atoms with Gasteiger partial charge in [-0.15, -0.1) is 0 Å². The summed E-state index contributed by atoms with van der Waals surface area (Å²) in [5, 5.41) is 8.80. The van der Waals surface area contributed by atoms with Crippen molar-refractivity contribution in [3.05, 3.63) is 22.7 Å². The summed E-state index contributed by atoms with van der Waals surface area (Å²) < 4.78 is 1.65. The minimum absolute atomic E-state index is 0.0895. The van der Waals surface area contributed by atoms with Crippen molar-refractivity contribution in [2.75, 3.05) is 18.0 Å². The molecule has 6 nitrogen and oxygen atoms in total. The van der Waals surface area contributed by atoms with Gasteiger partial charge in [0, 0.05) is 37.9 Å². The first kappa shape index (κ1) is 13.6. The van der Waals surface area contributed by atoms with Gasteiger partial charge in [-0.3, -0.25) is 9.59 Å². The van der Waals surface area contributed by atoms with Crippen molar-refractivity contribution < 1.29 is 9.90 Å². The molecule has 104 valence electrons. The van der Waals surface area contributed by atoms with Crippen molar-refractivity contribution in [1.82, 2.24) is 9.55 Å². The van der Waals surface area contributed by atoms with E-state index in [1.165, 1.54) is 0 Å². The molecule has 0 saturated carbocycles. The number of anilines is 1. The molecule has 0 spiro atoms. The summed E-state index contributed by atoms with van der Waals surface area (Å²) in [5.74, 6) is -0.247. The average Bonchev–Trinajstić information content (AvgIpc) is 2.76. The van der Waals surface area contributed by atoms with Gasteiger partial charge in [0.15, 0.2) is 5.82 Å². The van der Waals surface area contributed by atoms with E-state index in [1.54, 1.807) is 17.0 Å². The van der Waals surface area contributed by atoms with Crippen LogP contribution >= 0.6 is 0 Å². The second-order valence-electron chi connectivity index (χ2n) is 5.26. The van der Waals surface area contributed by atoms with Crippen LogP contribution in [0.4, 0.5) is 5.82 Å². The van der Waals surface area contributed by atoms with E-state index >= 15 is 0 Å². The van der Waals surface area contributed by atoms with Gasteiger partial charge in [0.05, 0.1) is 0 Å². The van der Waals surface area contributed by atoms with E-state index in [1.807, 2.05) is 18.7 Å². The second kappa shape index (κ2) is 5.42. The van der Waals surface area contributed by atoms with E-state index in [0.29, 0.717) is 18.9 Å². The normalized spacial score (nSPS) is 19.1. The molecule has 0 amide bonds. The summed E-state index contributed by atoms with van der Waals surface area (Å²) in [6.07, 6.45) is 4.26. The van der Waals surface area contributed by atoms with Crippen molar-refractivity contribution >= 4 is 11.8 Å². The van der Waals surface area contributed by atoms with E-state index in [4.69, 9.17) is 5.11 Å². The maximum atomic E-state index is 12.3. The molecule has 19 heavy (non-hydrogen) atoms. The standard InChI is InChI=1S/C13H19N3O3/c1-9(2)16-6-4-14-12(13(16)19)15-5-3-10(8-15)7-11(17)18/h4,6,9-10H,3,5,7-8H2,1-2H3,(H,17,18). The fourth-order valence-corrected chi connectivity index (χ4v) is 2.48. The quantitative estimate of drug-likeness (QED) is 0.883. The van der Waals surface area contributed by atoms with E-state index in [0.717, 1.165) is 6.42 Å². The van der Waals surface area contributed by atoms with Gasteiger partial charge < -0.3 is 14.6 Å². The molecular formula is C13H19N3O3. The number of aliphatic carboxylic acids is 1. The van der Waals surface area contributed by atoms with E-state index in [-0.39, 0.29) is 23.9 Å². The number of hydrogen-bond donors (Lipinski definition) is 1. The molecular weight excluding hydrogens is 246 g/mol. The molecule has 1 unspecified atom stereocenters.